The zero-order chi connectivity index (χ0) is 4.41. The highest BCUT2D eigenvalue weighted by molar-refractivity contribution is 8.12. The molecule has 0 fully saturated rings. The second-order valence-electron chi connectivity index (χ2n) is 1.04. The van der Waals surface area contributed by atoms with Gasteiger partial charge >= 0.3 is 5.55 Å². The molecule has 1 rings (SSSR count). The standard InChI is InChI=1S/C3H4NOS/c5-4-1-2-6-3-4/h1-2H2. The number of rotatable bonds is 0. The summed E-state index contributed by atoms with van der Waals surface area (Å²) < 4.78 is 0.824. The van der Waals surface area contributed by atoms with Crippen molar-refractivity contribution in [3.8, 4) is 0 Å². The van der Waals surface area contributed by atoms with Gasteiger partial charge in [0.1, 0.15) is 0 Å². The van der Waals surface area contributed by atoms with Crippen LogP contribution in [-0.2, 0) is 0 Å². The van der Waals surface area contributed by atoms with Gasteiger partial charge in [0.25, 0.3) is 0 Å². The summed E-state index contributed by atoms with van der Waals surface area (Å²) in [5.41, 5.74) is 2.51. The first-order valence-corrected chi connectivity index (χ1v) is 2.70. The van der Waals surface area contributed by atoms with Gasteiger partial charge in [-0.15, -0.1) is 0 Å². The Balaban J connectivity index is 2.45. The molecule has 0 saturated heterocycles. The molecule has 6 heavy (non-hydrogen) atoms. The molecular formula is C3H4NOS. The van der Waals surface area contributed by atoms with Crippen molar-refractivity contribution >= 4 is 17.3 Å². The molecule has 0 saturated carbocycles. The number of nitrogens with zero attached hydrogens (tertiary/aromatic N) is 1. The highest BCUT2D eigenvalue weighted by Gasteiger charge is 2.03. The molecule has 1 heterocycles. The van der Waals surface area contributed by atoms with E-state index in [0.717, 1.165) is 10.5 Å². The van der Waals surface area contributed by atoms with E-state index < -0.39 is 0 Å². The predicted molar refractivity (Wildman–Crippen MR) is 26.0 cm³/mol. The van der Waals surface area contributed by atoms with E-state index in [1.165, 1.54) is 11.8 Å². The molecule has 0 aliphatic carbocycles. The molecule has 0 amide bonds. The lowest BCUT2D eigenvalue weighted by Crippen LogP contribution is -1.97. The smallest absolute Gasteiger partial charge is 0.326 e. The maximum absolute atomic E-state index is 10.0. The Labute approximate surface area is 40.4 Å². The molecular weight excluding hydrogens is 98.1 g/mol. The molecule has 0 N–H and O–H groups in total. The molecule has 0 aromatic rings. The minimum absolute atomic E-state index is 0.616. The Morgan fingerprint density at radius 3 is 2.83 bits per heavy atom. The number of hydrogen-bond donors (Lipinski definition) is 0. The van der Waals surface area contributed by atoms with Gasteiger partial charge in [-0.1, -0.05) is 0 Å². The molecule has 33 valence electrons. The van der Waals surface area contributed by atoms with Gasteiger partial charge in [0.2, 0.25) is 0 Å². The highest BCUT2D eigenvalue weighted by atomic mass is 32.2. The molecule has 0 aromatic heterocycles. The molecule has 0 spiro atoms. The lowest BCUT2D eigenvalue weighted by Gasteiger charge is -1.87. The summed E-state index contributed by atoms with van der Waals surface area (Å²) >= 11 is 1.45. The van der Waals surface area contributed by atoms with Crippen molar-refractivity contribution in [3.63, 3.8) is 0 Å². The van der Waals surface area contributed by atoms with Crippen LogP contribution in [0.3, 0.4) is 0 Å². The van der Waals surface area contributed by atoms with Gasteiger partial charge in [0.15, 0.2) is 6.54 Å². The van der Waals surface area contributed by atoms with E-state index in [1.807, 2.05) is 0 Å². The summed E-state index contributed by atoms with van der Waals surface area (Å²) in [5, 5.41) is 10.0. The SMILES string of the molecule is [O-][N+]1=[C]SCC1. The molecule has 1 radical (unpaired) electrons. The van der Waals surface area contributed by atoms with Crippen LogP contribution >= 0.6 is 11.8 Å². The van der Waals surface area contributed by atoms with Crippen molar-refractivity contribution in [2.45, 2.75) is 0 Å². The largest absolute Gasteiger partial charge is 0.623 e. The average Bonchev–Trinajstić information content (AvgIpc) is 1.86. The van der Waals surface area contributed by atoms with E-state index in [-0.39, 0.29) is 0 Å². The van der Waals surface area contributed by atoms with Gasteiger partial charge in [-0.25, -0.2) is 0 Å². The summed E-state index contributed by atoms with van der Waals surface area (Å²) in [5.74, 6) is 0.906. The first-order chi connectivity index (χ1) is 2.89. The zero-order valence-corrected chi connectivity index (χ0v) is 3.99. The van der Waals surface area contributed by atoms with Crippen molar-refractivity contribution in [2.24, 2.45) is 0 Å². The number of thioether (sulfide) groups is 1. The molecule has 0 atom stereocenters. The maximum atomic E-state index is 10.0. The van der Waals surface area contributed by atoms with E-state index in [1.54, 1.807) is 0 Å². The molecule has 0 aromatic carbocycles. The Morgan fingerprint density at radius 2 is 2.67 bits per heavy atom. The van der Waals surface area contributed by atoms with Crippen molar-refractivity contribution in [1.82, 2.24) is 0 Å². The van der Waals surface area contributed by atoms with Crippen molar-refractivity contribution < 1.29 is 4.74 Å². The van der Waals surface area contributed by atoms with E-state index >= 15 is 0 Å². The minimum atomic E-state index is 0.616. The third-order valence-electron chi connectivity index (χ3n) is 0.563. The summed E-state index contributed by atoms with van der Waals surface area (Å²) in [6.07, 6.45) is 0. The van der Waals surface area contributed by atoms with Crippen molar-refractivity contribution in [3.05, 3.63) is 5.21 Å². The van der Waals surface area contributed by atoms with E-state index in [4.69, 9.17) is 0 Å². The predicted octanol–water partition coefficient (Wildman–Crippen LogP) is 0.149. The highest BCUT2D eigenvalue weighted by Crippen LogP contribution is 1.99. The Kier molecular flexibility index (Phi) is 1.01. The van der Waals surface area contributed by atoms with Crippen molar-refractivity contribution in [2.75, 3.05) is 12.3 Å². The molecule has 2 nitrogen and oxygen atoms in total. The van der Waals surface area contributed by atoms with Gasteiger partial charge in [0, 0.05) is 0 Å². The van der Waals surface area contributed by atoms with Gasteiger partial charge < -0.3 is 5.21 Å². The van der Waals surface area contributed by atoms with Crippen LogP contribution in [0.25, 0.3) is 0 Å². The van der Waals surface area contributed by atoms with Crippen LogP contribution in [-0.4, -0.2) is 22.6 Å². The summed E-state index contributed by atoms with van der Waals surface area (Å²) in [6.45, 7) is 0.616. The maximum Gasteiger partial charge on any atom is 0.326 e. The fourth-order valence-corrected chi connectivity index (χ4v) is 0.876. The molecule has 1 aliphatic heterocycles. The van der Waals surface area contributed by atoms with Crippen LogP contribution in [0.5, 0.6) is 0 Å². The van der Waals surface area contributed by atoms with Crippen molar-refractivity contribution in [1.29, 1.82) is 0 Å². The van der Waals surface area contributed by atoms with E-state index in [9.17, 15) is 5.21 Å². The molecule has 0 bridgehead atoms. The van der Waals surface area contributed by atoms with Gasteiger partial charge in [-0.3, -0.25) is 0 Å². The topological polar surface area (TPSA) is 26.1 Å². The Bertz CT molecular complexity index is 80.9. The molecule has 0 unspecified atom stereocenters. The number of hydroxylamine groups is 1. The monoisotopic (exact) mass is 102 g/mol. The first kappa shape index (κ1) is 3.99. The fourth-order valence-electron chi connectivity index (χ4n) is 0.292. The minimum Gasteiger partial charge on any atom is -0.623 e. The van der Waals surface area contributed by atoms with Crippen LogP contribution < -0.4 is 0 Å². The Hall–Kier alpha value is -0.180. The second-order valence-corrected chi connectivity index (χ2v) is 1.92. The third kappa shape index (κ3) is 0.653. The van der Waals surface area contributed by atoms with Crippen LogP contribution in [0.15, 0.2) is 0 Å². The first-order valence-electron chi connectivity index (χ1n) is 1.72. The van der Waals surface area contributed by atoms with Gasteiger partial charge in [-0.2, -0.15) is 4.74 Å². The van der Waals surface area contributed by atoms with Crippen LogP contribution in [0.1, 0.15) is 0 Å². The second kappa shape index (κ2) is 1.51. The van der Waals surface area contributed by atoms with Crippen LogP contribution in [0.2, 0.25) is 0 Å². The molecule has 1 aliphatic rings. The lowest BCUT2D eigenvalue weighted by molar-refractivity contribution is -0.441. The normalized spacial score (nSPS) is 21.0. The van der Waals surface area contributed by atoms with Gasteiger partial charge in [-0.05, 0) is 11.8 Å². The van der Waals surface area contributed by atoms with Gasteiger partial charge in [0.05, 0.1) is 5.75 Å². The van der Waals surface area contributed by atoms with E-state index in [0.29, 0.717) is 6.54 Å². The lowest BCUT2D eigenvalue weighted by atomic mass is 10.8. The average molecular weight is 102 g/mol. The summed E-state index contributed by atoms with van der Waals surface area (Å²) in [7, 11) is 0. The summed E-state index contributed by atoms with van der Waals surface area (Å²) in [6, 6.07) is 0. The number of hydrogen-bond acceptors (Lipinski definition) is 2. The Morgan fingerprint density at radius 1 is 1.83 bits per heavy atom. The van der Waals surface area contributed by atoms with Crippen LogP contribution in [0.4, 0.5) is 0 Å². The zero-order valence-electron chi connectivity index (χ0n) is 3.18. The fraction of sp³-hybridized carbons (Fsp3) is 0.667. The molecule has 3 heteroatoms. The summed E-state index contributed by atoms with van der Waals surface area (Å²) in [4.78, 5) is 0. The third-order valence-corrected chi connectivity index (χ3v) is 1.28. The van der Waals surface area contributed by atoms with E-state index in [2.05, 4.69) is 5.55 Å². The quantitative estimate of drug-likeness (QED) is 0.321. The van der Waals surface area contributed by atoms with Crippen LogP contribution in [0, 0.1) is 5.21 Å².